The van der Waals surface area contributed by atoms with Crippen molar-refractivity contribution in [2.75, 3.05) is 6.54 Å². The third kappa shape index (κ3) is 6.42. The molecule has 0 aliphatic heterocycles. The maximum atomic E-state index is 3.98. The second kappa shape index (κ2) is 8.10. The van der Waals surface area contributed by atoms with Crippen molar-refractivity contribution in [3.05, 3.63) is 12.3 Å². The minimum atomic E-state index is -1.10. The summed E-state index contributed by atoms with van der Waals surface area (Å²) in [5, 5.41) is 0. The van der Waals surface area contributed by atoms with E-state index in [9.17, 15) is 0 Å². The number of hydrogen-bond acceptors (Lipinski definition) is 1. The number of nitrogens with zero attached hydrogens (tertiary/aromatic N) is 1. The van der Waals surface area contributed by atoms with E-state index in [2.05, 4.69) is 58.0 Å². The van der Waals surface area contributed by atoms with E-state index in [0.717, 1.165) is 12.1 Å². The van der Waals surface area contributed by atoms with Crippen LogP contribution in [0.1, 0.15) is 47.0 Å². The van der Waals surface area contributed by atoms with Crippen LogP contribution in [0, 0.1) is 0 Å². The Morgan fingerprint density at radius 3 is 1.94 bits per heavy atom. The molecule has 0 saturated heterocycles. The second-order valence-corrected chi connectivity index (χ2v) is 10.9. The van der Waals surface area contributed by atoms with E-state index in [0.29, 0.717) is 0 Å². The Kier molecular flexibility index (Phi) is 8.06. The van der Waals surface area contributed by atoms with Gasteiger partial charge in [0.05, 0.1) is 8.07 Å². The van der Waals surface area contributed by atoms with Crippen molar-refractivity contribution in [2.45, 2.75) is 78.2 Å². The fourth-order valence-corrected chi connectivity index (χ4v) is 3.44. The van der Waals surface area contributed by atoms with Crippen LogP contribution in [0.3, 0.4) is 0 Å². The maximum absolute atomic E-state index is 3.98. The number of rotatable bonds is 9. The molecule has 0 aromatic carbocycles. The van der Waals surface area contributed by atoms with Crippen molar-refractivity contribution in [1.29, 1.82) is 0 Å². The highest BCUT2D eigenvalue weighted by Gasteiger charge is 2.20. The molecule has 0 aromatic heterocycles. The van der Waals surface area contributed by atoms with E-state index in [-0.39, 0.29) is 0 Å². The van der Waals surface area contributed by atoms with Gasteiger partial charge in [0.15, 0.2) is 0 Å². The van der Waals surface area contributed by atoms with Crippen molar-refractivity contribution < 1.29 is 0 Å². The summed E-state index contributed by atoms with van der Waals surface area (Å²) in [6, 6.07) is 2.82. The average molecular weight is 256 g/mol. The van der Waals surface area contributed by atoms with Gasteiger partial charge in [0.25, 0.3) is 0 Å². The van der Waals surface area contributed by atoms with Crippen LogP contribution in [-0.4, -0.2) is 31.6 Å². The van der Waals surface area contributed by atoms with Crippen LogP contribution >= 0.6 is 0 Å². The minimum Gasteiger partial charge on any atom is -0.298 e. The zero-order valence-electron chi connectivity index (χ0n) is 12.9. The highest BCUT2D eigenvalue weighted by Crippen LogP contribution is 2.17. The molecule has 0 saturated carbocycles. The summed E-state index contributed by atoms with van der Waals surface area (Å²) in [5.41, 5.74) is 2.23. The Hall–Kier alpha value is -0.0831. The molecule has 0 spiro atoms. The molecule has 0 rings (SSSR count). The summed E-state index contributed by atoms with van der Waals surface area (Å²) in [7, 11) is -1.10. The predicted octanol–water partition coefficient (Wildman–Crippen LogP) is 4.71. The molecule has 17 heavy (non-hydrogen) atoms. The topological polar surface area (TPSA) is 3.24 Å². The fraction of sp³-hybridized carbons (Fsp3) is 0.867. The summed E-state index contributed by atoms with van der Waals surface area (Å²) >= 11 is 0. The summed E-state index contributed by atoms with van der Waals surface area (Å²) in [6.45, 7) is 19.4. The molecule has 0 N–H and O–H groups in total. The quantitative estimate of drug-likeness (QED) is 0.539. The predicted molar refractivity (Wildman–Crippen MR) is 83.3 cm³/mol. The van der Waals surface area contributed by atoms with Gasteiger partial charge in [-0.25, -0.2) is 0 Å². The molecule has 0 amide bonds. The van der Waals surface area contributed by atoms with Crippen LogP contribution in [0.5, 0.6) is 0 Å². The lowest BCUT2D eigenvalue weighted by molar-refractivity contribution is 0.146. The summed E-state index contributed by atoms with van der Waals surface area (Å²) in [6.07, 6.45) is 3.85. The Morgan fingerprint density at radius 1 is 1.12 bits per heavy atom. The summed E-state index contributed by atoms with van der Waals surface area (Å²) < 4.78 is 0. The molecule has 102 valence electrons. The lowest BCUT2D eigenvalue weighted by Crippen LogP contribution is -2.41. The standard InChI is InChI=1S/C15H33NSi/c1-8-14(4)16(15(5)9-2)12-11-13-17(6,7)10-3/h10,14-15H,3,8-9,11-13H2,1-2,4-7H3. The number of hydrogen-bond donors (Lipinski definition) is 0. The van der Waals surface area contributed by atoms with E-state index in [1.54, 1.807) is 0 Å². The highest BCUT2D eigenvalue weighted by atomic mass is 28.3. The van der Waals surface area contributed by atoms with Gasteiger partial charge in [-0.2, -0.15) is 0 Å². The van der Waals surface area contributed by atoms with E-state index in [1.807, 2.05) is 0 Å². The van der Waals surface area contributed by atoms with E-state index < -0.39 is 8.07 Å². The highest BCUT2D eigenvalue weighted by molar-refractivity contribution is 6.82. The second-order valence-electron chi connectivity index (χ2n) is 6.05. The van der Waals surface area contributed by atoms with Gasteiger partial charge >= 0.3 is 0 Å². The van der Waals surface area contributed by atoms with Gasteiger partial charge in [-0.3, -0.25) is 4.90 Å². The van der Waals surface area contributed by atoms with Crippen LogP contribution in [0.25, 0.3) is 0 Å². The van der Waals surface area contributed by atoms with Crippen molar-refractivity contribution in [2.24, 2.45) is 0 Å². The Bertz CT molecular complexity index is 203. The Labute approximate surface area is 110 Å². The molecule has 0 fully saturated rings. The van der Waals surface area contributed by atoms with Crippen LogP contribution in [0.15, 0.2) is 12.3 Å². The first-order valence-corrected chi connectivity index (χ1v) is 10.6. The molecule has 2 atom stereocenters. The Morgan fingerprint density at radius 2 is 1.59 bits per heavy atom. The molecule has 0 aromatic rings. The smallest absolute Gasteiger partial charge is 0.0710 e. The van der Waals surface area contributed by atoms with Crippen molar-refractivity contribution in [1.82, 2.24) is 4.90 Å². The lowest BCUT2D eigenvalue weighted by atomic mass is 10.1. The van der Waals surface area contributed by atoms with Gasteiger partial charge in [0, 0.05) is 12.1 Å². The molecular formula is C15H33NSi. The van der Waals surface area contributed by atoms with E-state index in [4.69, 9.17) is 0 Å². The average Bonchev–Trinajstić information content (AvgIpc) is 2.32. The molecule has 2 heteroatoms. The van der Waals surface area contributed by atoms with Crippen LogP contribution < -0.4 is 0 Å². The summed E-state index contributed by atoms with van der Waals surface area (Å²) in [4.78, 5) is 2.69. The molecule has 2 unspecified atom stereocenters. The lowest BCUT2D eigenvalue weighted by Gasteiger charge is -2.34. The van der Waals surface area contributed by atoms with Gasteiger partial charge in [-0.1, -0.05) is 33.0 Å². The van der Waals surface area contributed by atoms with Crippen LogP contribution in [0.2, 0.25) is 19.1 Å². The van der Waals surface area contributed by atoms with Gasteiger partial charge in [0.1, 0.15) is 0 Å². The largest absolute Gasteiger partial charge is 0.298 e. The van der Waals surface area contributed by atoms with Gasteiger partial charge in [-0.05, 0) is 39.7 Å². The zero-order valence-corrected chi connectivity index (χ0v) is 13.9. The monoisotopic (exact) mass is 255 g/mol. The van der Waals surface area contributed by atoms with Crippen molar-refractivity contribution >= 4 is 8.07 Å². The minimum absolute atomic E-state index is 0.721. The zero-order chi connectivity index (χ0) is 13.5. The first kappa shape index (κ1) is 16.9. The van der Waals surface area contributed by atoms with Gasteiger partial charge < -0.3 is 0 Å². The molecule has 0 aliphatic carbocycles. The molecule has 0 heterocycles. The van der Waals surface area contributed by atoms with Crippen molar-refractivity contribution in [3.63, 3.8) is 0 Å². The third-order valence-electron chi connectivity index (χ3n) is 4.10. The first-order chi connectivity index (χ1) is 7.87. The molecule has 0 radical (unpaired) electrons. The van der Waals surface area contributed by atoms with E-state index in [1.165, 1.54) is 31.9 Å². The SMILES string of the molecule is C=C[Si](C)(C)CCCN(C(C)CC)C(C)CC. The molecule has 1 nitrogen and oxygen atoms in total. The van der Waals surface area contributed by atoms with Gasteiger partial charge in [-0.15, -0.1) is 12.3 Å². The first-order valence-electron chi connectivity index (χ1n) is 7.27. The molecule has 0 bridgehead atoms. The fourth-order valence-electron chi connectivity index (χ4n) is 2.16. The van der Waals surface area contributed by atoms with E-state index >= 15 is 0 Å². The Balaban J connectivity index is 4.22. The van der Waals surface area contributed by atoms with Crippen LogP contribution in [0.4, 0.5) is 0 Å². The van der Waals surface area contributed by atoms with Crippen LogP contribution in [-0.2, 0) is 0 Å². The maximum Gasteiger partial charge on any atom is 0.0710 e. The third-order valence-corrected chi connectivity index (χ3v) is 6.85. The normalized spacial score (nSPS) is 15.9. The molecule has 0 aliphatic rings. The molecular weight excluding hydrogens is 222 g/mol. The summed E-state index contributed by atoms with van der Waals surface area (Å²) in [5.74, 6) is 0. The van der Waals surface area contributed by atoms with Gasteiger partial charge in [0.2, 0.25) is 0 Å². The van der Waals surface area contributed by atoms with Crippen molar-refractivity contribution in [3.8, 4) is 0 Å².